The van der Waals surface area contributed by atoms with Gasteiger partial charge in [-0.2, -0.15) is 0 Å². The summed E-state index contributed by atoms with van der Waals surface area (Å²) in [6.45, 7) is 3.54. The molecule has 1 fully saturated rings. The third-order valence-corrected chi connectivity index (χ3v) is 6.40. The van der Waals surface area contributed by atoms with E-state index in [1.54, 1.807) is 13.0 Å². The molecule has 1 heterocycles. The molecule has 0 unspecified atom stereocenters. The third-order valence-electron chi connectivity index (χ3n) is 6.09. The van der Waals surface area contributed by atoms with Crippen LogP contribution in [0.15, 0.2) is 42.5 Å². The summed E-state index contributed by atoms with van der Waals surface area (Å²) in [5, 5.41) is 10.2. The van der Waals surface area contributed by atoms with Gasteiger partial charge in [-0.15, -0.1) is 0 Å². The molecule has 1 amide bonds. The Kier molecular flexibility index (Phi) is 5.27. The number of aromatic nitrogens is 2. The average Bonchev–Trinajstić information content (AvgIpc) is 2.67. The van der Waals surface area contributed by atoms with Crippen LogP contribution in [0.2, 0.25) is 5.02 Å². The van der Waals surface area contributed by atoms with Crippen molar-refractivity contribution < 1.29 is 14.7 Å². The first-order chi connectivity index (χ1) is 14.7. The topological polar surface area (TPSA) is 106 Å². The van der Waals surface area contributed by atoms with Gasteiger partial charge in [0, 0.05) is 16.1 Å². The molecule has 0 radical (unpaired) electrons. The van der Waals surface area contributed by atoms with Crippen LogP contribution in [0.5, 0.6) is 0 Å². The van der Waals surface area contributed by atoms with Crippen molar-refractivity contribution in [3.05, 3.63) is 70.1 Å². The number of rotatable bonds is 5. The molecule has 0 aliphatic heterocycles. The standard InChI is InChI=1S/C24H22ClN3O3/c1-13-20(28-21(22(26)29)14(2)27-13)16-6-4-15(5-7-16)18-9-8-17(12-19(18)25)24(23(30)31)10-3-11-24/h4-9,12H,3,10-11H2,1-2H3,(H2,26,29)(H,30,31). The van der Waals surface area contributed by atoms with Crippen LogP contribution in [-0.2, 0) is 10.2 Å². The minimum atomic E-state index is -0.814. The van der Waals surface area contributed by atoms with Crippen LogP contribution < -0.4 is 5.73 Å². The summed E-state index contributed by atoms with van der Waals surface area (Å²) in [5.41, 5.74) is 9.84. The number of hydrogen-bond acceptors (Lipinski definition) is 4. The second-order valence-corrected chi connectivity index (χ2v) is 8.38. The second-order valence-electron chi connectivity index (χ2n) is 7.97. The highest BCUT2D eigenvalue weighted by Gasteiger charge is 2.46. The highest BCUT2D eigenvalue weighted by molar-refractivity contribution is 6.33. The van der Waals surface area contributed by atoms with Crippen LogP contribution in [0.3, 0.4) is 0 Å². The summed E-state index contributed by atoms with van der Waals surface area (Å²) in [5.74, 6) is -1.41. The molecule has 4 rings (SSSR count). The zero-order valence-electron chi connectivity index (χ0n) is 17.3. The predicted molar refractivity (Wildman–Crippen MR) is 119 cm³/mol. The lowest BCUT2D eigenvalue weighted by Crippen LogP contribution is -2.42. The number of amides is 1. The molecule has 0 saturated heterocycles. The van der Waals surface area contributed by atoms with Crippen molar-refractivity contribution in [1.29, 1.82) is 0 Å². The molecule has 0 bridgehead atoms. The second kappa shape index (κ2) is 7.78. The molecule has 31 heavy (non-hydrogen) atoms. The van der Waals surface area contributed by atoms with E-state index in [2.05, 4.69) is 9.97 Å². The molecule has 6 nitrogen and oxygen atoms in total. The molecule has 3 N–H and O–H groups in total. The van der Waals surface area contributed by atoms with Crippen molar-refractivity contribution in [2.24, 2.45) is 5.73 Å². The molecule has 0 atom stereocenters. The number of halogens is 1. The molecule has 1 saturated carbocycles. The number of aliphatic carboxylic acids is 1. The molecule has 0 spiro atoms. The Morgan fingerprint density at radius 1 is 1.00 bits per heavy atom. The summed E-state index contributed by atoms with van der Waals surface area (Å²) >= 11 is 6.54. The number of primary amides is 1. The van der Waals surface area contributed by atoms with Crippen molar-refractivity contribution in [1.82, 2.24) is 9.97 Å². The van der Waals surface area contributed by atoms with E-state index in [0.717, 1.165) is 28.7 Å². The van der Waals surface area contributed by atoms with Crippen molar-refractivity contribution in [3.8, 4) is 22.4 Å². The molecule has 1 aliphatic carbocycles. The fraction of sp³-hybridized carbons (Fsp3) is 0.250. The Morgan fingerprint density at radius 3 is 2.16 bits per heavy atom. The van der Waals surface area contributed by atoms with E-state index >= 15 is 0 Å². The lowest BCUT2D eigenvalue weighted by Gasteiger charge is -2.38. The minimum Gasteiger partial charge on any atom is -0.481 e. The summed E-state index contributed by atoms with van der Waals surface area (Å²) in [6, 6.07) is 13.1. The Morgan fingerprint density at radius 2 is 1.65 bits per heavy atom. The molecule has 1 aliphatic rings. The molecule has 3 aromatic rings. The van der Waals surface area contributed by atoms with E-state index in [1.807, 2.05) is 43.3 Å². The van der Waals surface area contributed by atoms with Crippen LogP contribution in [-0.4, -0.2) is 27.0 Å². The number of carbonyl (C=O) groups is 2. The van der Waals surface area contributed by atoms with E-state index < -0.39 is 17.3 Å². The largest absolute Gasteiger partial charge is 0.481 e. The number of nitrogens with zero attached hydrogens (tertiary/aromatic N) is 2. The maximum atomic E-state index is 11.8. The zero-order chi connectivity index (χ0) is 22.3. The van der Waals surface area contributed by atoms with Gasteiger partial charge in [0.15, 0.2) is 0 Å². The van der Waals surface area contributed by atoms with E-state index in [1.165, 1.54) is 0 Å². The van der Waals surface area contributed by atoms with Gasteiger partial charge in [0.25, 0.3) is 5.91 Å². The molecule has 1 aromatic heterocycles. The van der Waals surface area contributed by atoms with Crippen LogP contribution in [0, 0.1) is 13.8 Å². The van der Waals surface area contributed by atoms with Crippen LogP contribution >= 0.6 is 11.6 Å². The molecule has 7 heteroatoms. The predicted octanol–water partition coefficient (Wildman–Crippen LogP) is 4.69. The van der Waals surface area contributed by atoms with E-state index in [0.29, 0.717) is 34.9 Å². The molecule has 2 aromatic carbocycles. The first-order valence-corrected chi connectivity index (χ1v) is 10.4. The summed E-state index contributed by atoms with van der Waals surface area (Å²) in [7, 11) is 0. The highest BCUT2D eigenvalue weighted by Crippen LogP contribution is 2.45. The fourth-order valence-electron chi connectivity index (χ4n) is 4.15. The quantitative estimate of drug-likeness (QED) is 0.604. The van der Waals surface area contributed by atoms with Crippen LogP contribution in [0.4, 0.5) is 0 Å². The highest BCUT2D eigenvalue weighted by atomic mass is 35.5. The molecular formula is C24H22ClN3O3. The first kappa shape index (κ1) is 21.0. The Hall–Kier alpha value is -3.25. The monoisotopic (exact) mass is 435 g/mol. The summed E-state index contributed by atoms with van der Waals surface area (Å²) in [4.78, 5) is 32.2. The minimum absolute atomic E-state index is 0.159. The number of carbonyl (C=O) groups excluding carboxylic acids is 1. The number of hydrogen-bond donors (Lipinski definition) is 2. The molecule has 158 valence electrons. The smallest absolute Gasteiger partial charge is 0.314 e. The van der Waals surface area contributed by atoms with E-state index in [-0.39, 0.29) is 5.69 Å². The van der Waals surface area contributed by atoms with Crippen molar-refractivity contribution in [3.63, 3.8) is 0 Å². The summed E-state index contributed by atoms with van der Waals surface area (Å²) in [6.07, 6.45) is 2.18. The number of carboxylic acid groups (broad SMARTS) is 1. The van der Waals surface area contributed by atoms with Crippen molar-refractivity contribution >= 4 is 23.5 Å². The number of aryl methyl sites for hydroxylation is 2. The van der Waals surface area contributed by atoms with E-state index in [4.69, 9.17) is 17.3 Å². The third kappa shape index (κ3) is 3.57. The van der Waals surface area contributed by atoms with Gasteiger partial charge >= 0.3 is 5.97 Å². The first-order valence-electron chi connectivity index (χ1n) is 10.0. The maximum Gasteiger partial charge on any atom is 0.314 e. The van der Waals surface area contributed by atoms with E-state index in [9.17, 15) is 14.7 Å². The summed E-state index contributed by atoms with van der Waals surface area (Å²) < 4.78 is 0. The van der Waals surface area contributed by atoms with Gasteiger partial charge in [-0.25, -0.2) is 4.98 Å². The average molecular weight is 436 g/mol. The van der Waals surface area contributed by atoms with Gasteiger partial charge in [-0.05, 0) is 43.9 Å². The van der Waals surface area contributed by atoms with Crippen molar-refractivity contribution in [2.45, 2.75) is 38.5 Å². The number of nitrogens with two attached hydrogens (primary N) is 1. The Balaban J connectivity index is 1.67. The van der Waals surface area contributed by atoms with Gasteiger partial charge in [0.1, 0.15) is 5.69 Å². The SMILES string of the molecule is Cc1nc(C)c(-c2ccc(-c3ccc(C4(C(=O)O)CCC4)cc3Cl)cc2)nc1C(N)=O. The van der Waals surface area contributed by atoms with Gasteiger partial charge < -0.3 is 10.8 Å². The van der Waals surface area contributed by atoms with Crippen LogP contribution in [0.1, 0.15) is 46.7 Å². The van der Waals surface area contributed by atoms with Crippen LogP contribution in [0.25, 0.3) is 22.4 Å². The normalized spacial score (nSPS) is 14.7. The molecular weight excluding hydrogens is 414 g/mol. The Bertz CT molecular complexity index is 1200. The maximum absolute atomic E-state index is 11.8. The lowest BCUT2D eigenvalue weighted by atomic mass is 9.64. The lowest BCUT2D eigenvalue weighted by molar-refractivity contribution is -0.147. The van der Waals surface area contributed by atoms with Gasteiger partial charge in [-0.3, -0.25) is 14.6 Å². The van der Waals surface area contributed by atoms with Gasteiger partial charge in [0.05, 0.1) is 22.5 Å². The fourth-order valence-corrected chi connectivity index (χ4v) is 4.44. The van der Waals surface area contributed by atoms with Crippen molar-refractivity contribution in [2.75, 3.05) is 0 Å². The van der Waals surface area contributed by atoms with Gasteiger partial charge in [0.2, 0.25) is 0 Å². The zero-order valence-corrected chi connectivity index (χ0v) is 18.0. The number of carboxylic acids is 1. The Labute approximate surface area is 185 Å². The number of benzene rings is 2. The van der Waals surface area contributed by atoms with Gasteiger partial charge in [-0.1, -0.05) is 54.4 Å².